The third kappa shape index (κ3) is 4.55. The number of hydrogen-bond acceptors (Lipinski definition) is 5. The fourth-order valence-corrected chi connectivity index (χ4v) is 4.75. The maximum Gasteiger partial charge on any atom is 0.241 e. The van der Waals surface area contributed by atoms with Crippen LogP contribution in [-0.2, 0) is 17.8 Å². The first-order chi connectivity index (χ1) is 15.0. The Kier molecular flexibility index (Phi) is 6.49. The van der Waals surface area contributed by atoms with E-state index < -0.39 is 0 Å². The Hall–Kier alpha value is -2.57. The number of ether oxygens (including phenoxy) is 2. The molecular weight excluding hydrogens is 390 g/mol. The van der Waals surface area contributed by atoms with Crippen LogP contribution in [0.1, 0.15) is 23.6 Å². The fraction of sp³-hybridized carbons (Fsp3) is 0.480. The van der Waals surface area contributed by atoms with Crippen molar-refractivity contribution in [2.45, 2.75) is 32.9 Å². The molecule has 0 aromatic heterocycles. The Bertz CT molecular complexity index is 938. The number of amides is 1. The minimum absolute atomic E-state index is 0.210. The Morgan fingerprint density at radius 3 is 2.35 bits per heavy atom. The van der Waals surface area contributed by atoms with Crippen LogP contribution in [0.2, 0.25) is 0 Å². The van der Waals surface area contributed by atoms with E-state index in [1.54, 1.807) is 14.2 Å². The lowest BCUT2D eigenvalue weighted by Gasteiger charge is -2.35. The maximum atomic E-state index is 13.1. The Morgan fingerprint density at radius 2 is 1.65 bits per heavy atom. The van der Waals surface area contributed by atoms with Gasteiger partial charge in [-0.1, -0.05) is 18.2 Å². The standard InChI is InChI=1S/C25H33N3O3/c1-18-13-23(30-3)24(31-4)15-21(18)16-26-9-11-27(12-10-26)17-25(29)28-19(2)14-20-7-5-6-8-22(20)28/h5-8,13,15,19H,9-12,14,16-17H2,1-4H3/t19-/m1/s1. The van der Waals surface area contributed by atoms with E-state index in [4.69, 9.17) is 9.47 Å². The van der Waals surface area contributed by atoms with Crippen molar-refractivity contribution in [3.63, 3.8) is 0 Å². The number of hydrogen-bond donors (Lipinski definition) is 0. The van der Waals surface area contributed by atoms with Gasteiger partial charge in [-0.2, -0.15) is 0 Å². The van der Waals surface area contributed by atoms with E-state index in [0.29, 0.717) is 6.54 Å². The molecule has 2 aliphatic rings. The van der Waals surface area contributed by atoms with E-state index in [0.717, 1.165) is 56.3 Å². The lowest BCUT2D eigenvalue weighted by molar-refractivity contribution is -0.120. The SMILES string of the molecule is COc1cc(C)c(CN2CCN(CC(=O)N3c4ccccc4C[C@H]3C)CC2)cc1OC. The maximum absolute atomic E-state index is 13.1. The summed E-state index contributed by atoms with van der Waals surface area (Å²) in [6.45, 7) is 9.33. The average molecular weight is 424 g/mol. The van der Waals surface area contributed by atoms with Gasteiger partial charge in [0.2, 0.25) is 5.91 Å². The molecule has 4 rings (SSSR count). The van der Waals surface area contributed by atoms with E-state index in [1.807, 2.05) is 17.0 Å². The van der Waals surface area contributed by atoms with Gasteiger partial charge in [0.05, 0.1) is 20.8 Å². The van der Waals surface area contributed by atoms with E-state index in [9.17, 15) is 4.79 Å². The van der Waals surface area contributed by atoms with Crippen LogP contribution in [0.15, 0.2) is 36.4 Å². The van der Waals surface area contributed by atoms with Crippen molar-refractivity contribution < 1.29 is 14.3 Å². The molecule has 6 nitrogen and oxygen atoms in total. The molecule has 2 heterocycles. The lowest BCUT2D eigenvalue weighted by atomic mass is 10.1. The van der Waals surface area contributed by atoms with Crippen molar-refractivity contribution in [3.05, 3.63) is 53.1 Å². The molecule has 0 saturated carbocycles. The number of aryl methyl sites for hydroxylation is 1. The molecule has 0 unspecified atom stereocenters. The van der Waals surface area contributed by atoms with Crippen LogP contribution in [0, 0.1) is 6.92 Å². The first kappa shape index (κ1) is 21.7. The number of piperazine rings is 1. The summed E-state index contributed by atoms with van der Waals surface area (Å²) >= 11 is 0. The number of fused-ring (bicyclic) bond motifs is 1. The highest BCUT2D eigenvalue weighted by Crippen LogP contribution is 2.32. The molecule has 2 aromatic carbocycles. The summed E-state index contributed by atoms with van der Waals surface area (Å²) in [5.41, 5.74) is 4.82. The van der Waals surface area contributed by atoms with Gasteiger partial charge < -0.3 is 14.4 Å². The zero-order valence-electron chi connectivity index (χ0n) is 19.1. The van der Waals surface area contributed by atoms with Crippen LogP contribution in [0.3, 0.4) is 0 Å². The third-order valence-electron chi connectivity index (χ3n) is 6.54. The second-order valence-corrected chi connectivity index (χ2v) is 8.63. The highest BCUT2D eigenvalue weighted by Gasteiger charge is 2.31. The molecule has 0 N–H and O–H groups in total. The van der Waals surface area contributed by atoms with Crippen molar-refractivity contribution in [2.24, 2.45) is 0 Å². The van der Waals surface area contributed by atoms with Crippen LogP contribution >= 0.6 is 0 Å². The topological polar surface area (TPSA) is 45.2 Å². The smallest absolute Gasteiger partial charge is 0.241 e. The summed E-state index contributed by atoms with van der Waals surface area (Å²) < 4.78 is 10.9. The van der Waals surface area contributed by atoms with E-state index >= 15 is 0 Å². The van der Waals surface area contributed by atoms with Gasteiger partial charge in [-0.3, -0.25) is 14.6 Å². The van der Waals surface area contributed by atoms with Gasteiger partial charge in [0.15, 0.2) is 11.5 Å². The van der Waals surface area contributed by atoms with Gasteiger partial charge in [-0.15, -0.1) is 0 Å². The molecule has 1 amide bonds. The summed E-state index contributed by atoms with van der Waals surface area (Å²) in [6.07, 6.45) is 0.945. The minimum Gasteiger partial charge on any atom is -0.493 e. The Morgan fingerprint density at radius 1 is 1.00 bits per heavy atom. The summed E-state index contributed by atoms with van der Waals surface area (Å²) in [6, 6.07) is 12.6. The molecule has 166 valence electrons. The number of methoxy groups -OCH3 is 2. The van der Waals surface area contributed by atoms with Crippen LogP contribution in [0.4, 0.5) is 5.69 Å². The number of carbonyl (C=O) groups is 1. The number of rotatable bonds is 6. The van der Waals surface area contributed by atoms with E-state index in [1.165, 1.54) is 16.7 Å². The molecule has 6 heteroatoms. The lowest BCUT2D eigenvalue weighted by Crippen LogP contribution is -2.50. The zero-order chi connectivity index (χ0) is 22.0. The minimum atomic E-state index is 0.210. The summed E-state index contributed by atoms with van der Waals surface area (Å²) in [5.74, 6) is 1.75. The third-order valence-corrected chi connectivity index (χ3v) is 6.54. The predicted octanol–water partition coefficient (Wildman–Crippen LogP) is 3.11. The largest absolute Gasteiger partial charge is 0.493 e. The molecule has 0 spiro atoms. The molecule has 2 aliphatic heterocycles. The average Bonchev–Trinajstić information content (AvgIpc) is 3.11. The van der Waals surface area contributed by atoms with Crippen LogP contribution in [-0.4, -0.2) is 68.7 Å². The number of para-hydroxylation sites is 1. The summed E-state index contributed by atoms with van der Waals surface area (Å²) in [7, 11) is 3.34. The first-order valence-corrected chi connectivity index (χ1v) is 11.1. The van der Waals surface area contributed by atoms with Gasteiger partial charge in [0, 0.05) is 44.5 Å². The molecule has 0 aliphatic carbocycles. The Balaban J connectivity index is 1.33. The molecule has 1 fully saturated rings. The summed E-state index contributed by atoms with van der Waals surface area (Å²) in [5, 5.41) is 0. The van der Waals surface area contributed by atoms with E-state index in [2.05, 4.69) is 47.9 Å². The van der Waals surface area contributed by atoms with Gasteiger partial charge in [0.25, 0.3) is 0 Å². The molecule has 0 radical (unpaired) electrons. The van der Waals surface area contributed by atoms with Crippen LogP contribution < -0.4 is 14.4 Å². The molecule has 2 aromatic rings. The number of benzene rings is 2. The molecule has 0 bridgehead atoms. The van der Waals surface area contributed by atoms with Gasteiger partial charge in [-0.05, 0) is 55.2 Å². The normalized spacial score (nSPS) is 19.4. The van der Waals surface area contributed by atoms with Gasteiger partial charge in [0.1, 0.15) is 0 Å². The van der Waals surface area contributed by atoms with Gasteiger partial charge >= 0.3 is 0 Å². The van der Waals surface area contributed by atoms with Crippen LogP contribution in [0.5, 0.6) is 11.5 Å². The number of anilines is 1. The highest BCUT2D eigenvalue weighted by molar-refractivity contribution is 5.97. The van der Waals surface area contributed by atoms with Crippen molar-refractivity contribution in [1.82, 2.24) is 9.80 Å². The van der Waals surface area contributed by atoms with Crippen LogP contribution in [0.25, 0.3) is 0 Å². The quantitative estimate of drug-likeness (QED) is 0.715. The monoisotopic (exact) mass is 423 g/mol. The molecule has 1 saturated heterocycles. The van der Waals surface area contributed by atoms with Gasteiger partial charge in [-0.25, -0.2) is 0 Å². The summed E-state index contributed by atoms with van der Waals surface area (Å²) in [4.78, 5) is 19.8. The van der Waals surface area contributed by atoms with Crippen molar-refractivity contribution >= 4 is 11.6 Å². The predicted molar refractivity (Wildman–Crippen MR) is 123 cm³/mol. The number of carbonyl (C=O) groups excluding carboxylic acids is 1. The number of nitrogens with zero attached hydrogens (tertiary/aromatic N) is 3. The fourth-order valence-electron chi connectivity index (χ4n) is 4.75. The van der Waals surface area contributed by atoms with Crippen molar-refractivity contribution in [2.75, 3.05) is 51.8 Å². The first-order valence-electron chi connectivity index (χ1n) is 11.1. The molecule has 1 atom stereocenters. The van der Waals surface area contributed by atoms with E-state index in [-0.39, 0.29) is 11.9 Å². The molecule has 31 heavy (non-hydrogen) atoms. The second-order valence-electron chi connectivity index (χ2n) is 8.63. The van der Waals surface area contributed by atoms with Crippen molar-refractivity contribution in [1.29, 1.82) is 0 Å². The highest BCUT2D eigenvalue weighted by atomic mass is 16.5. The zero-order valence-corrected chi connectivity index (χ0v) is 19.1. The molecular formula is C25H33N3O3. The second kappa shape index (κ2) is 9.28. The van der Waals surface area contributed by atoms with Crippen molar-refractivity contribution in [3.8, 4) is 11.5 Å². The Labute approximate surface area is 185 Å².